The van der Waals surface area contributed by atoms with Crippen LogP contribution in [0.2, 0.25) is 0 Å². The van der Waals surface area contributed by atoms with Crippen LogP contribution in [0, 0.1) is 23.0 Å². The largest absolute Gasteiger partial charge is 0.374 e. The molecule has 0 radical (unpaired) electrons. The van der Waals surface area contributed by atoms with Crippen LogP contribution in [0.5, 0.6) is 0 Å². The smallest absolute Gasteiger partial charge is 0.239 e. The monoisotopic (exact) mass is 267 g/mol. The fraction of sp³-hybridized carbons (Fsp3) is 0.385. The van der Waals surface area contributed by atoms with Crippen LogP contribution in [0.4, 0.5) is 14.5 Å². The predicted molar refractivity (Wildman–Crippen MR) is 67.5 cm³/mol. The second-order valence-corrected chi connectivity index (χ2v) is 5.05. The highest BCUT2D eigenvalue weighted by atomic mass is 19.2. The lowest BCUT2D eigenvalue weighted by molar-refractivity contribution is -0.120. The number of hydrogen-bond donors (Lipinski definition) is 2. The van der Waals surface area contributed by atoms with Gasteiger partial charge in [-0.1, -0.05) is 0 Å². The van der Waals surface area contributed by atoms with Gasteiger partial charge in [0.15, 0.2) is 11.6 Å². The van der Waals surface area contributed by atoms with Gasteiger partial charge in [0.1, 0.15) is 6.07 Å². The summed E-state index contributed by atoms with van der Waals surface area (Å²) in [5.41, 5.74) is -0.921. The molecule has 1 aromatic rings. The van der Waals surface area contributed by atoms with E-state index in [0.717, 1.165) is 6.07 Å². The summed E-state index contributed by atoms with van der Waals surface area (Å²) in [6.45, 7) is 5.26. The summed E-state index contributed by atoms with van der Waals surface area (Å²) in [6.07, 6.45) is 0. The molecule has 6 heteroatoms. The van der Waals surface area contributed by atoms with Crippen LogP contribution in [-0.4, -0.2) is 18.0 Å². The third-order valence-corrected chi connectivity index (χ3v) is 2.16. The zero-order valence-electron chi connectivity index (χ0n) is 11.0. The van der Waals surface area contributed by atoms with Gasteiger partial charge in [0, 0.05) is 5.54 Å². The molecule has 2 N–H and O–H groups in total. The van der Waals surface area contributed by atoms with E-state index in [-0.39, 0.29) is 23.7 Å². The molecule has 0 saturated heterocycles. The molecule has 0 fully saturated rings. The first-order valence-corrected chi connectivity index (χ1v) is 5.67. The van der Waals surface area contributed by atoms with Gasteiger partial charge >= 0.3 is 0 Å². The van der Waals surface area contributed by atoms with E-state index in [4.69, 9.17) is 5.26 Å². The maximum Gasteiger partial charge on any atom is 0.239 e. The van der Waals surface area contributed by atoms with E-state index in [9.17, 15) is 13.6 Å². The van der Waals surface area contributed by atoms with E-state index < -0.39 is 17.2 Å². The average molecular weight is 267 g/mol. The van der Waals surface area contributed by atoms with E-state index >= 15 is 0 Å². The van der Waals surface area contributed by atoms with E-state index in [0.29, 0.717) is 0 Å². The standard InChI is InChI=1S/C13H15F2N3O/c1-13(2,3)18-10(19)7-17-9-5-4-8(6-16)11(14)12(9)15/h4-5,17H,7H2,1-3H3,(H,18,19). The second-order valence-electron chi connectivity index (χ2n) is 5.05. The van der Waals surface area contributed by atoms with Gasteiger partial charge in [0.05, 0.1) is 17.8 Å². The summed E-state index contributed by atoms with van der Waals surface area (Å²) < 4.78 is 26.8. The lowest BCUT2D eigenvalue weighted by Gasteiger charge is -2.20. The molecular weight excluding hydrogens is 252 g/mol. The molecule has 0 spiro atoms. The van der Waals surface area contributed by atoms with Crippen LogP contribution in [0.15, 0.2) is 12.1 Å². The summed E-state index contributed by atoms with van der Waals surface area (Å²) in [6, 6.07) is 3.92. The van der Waals surface area contributed by atoms with Crippen molar-refractivity contribution in [2.24, 2.45) is 0 Å². The van der Waals surface area contributed by atoms with Crippen molar-refractivity contribution >= 4 is 11.6 Å². The molecule has 0 aliphatic heterocycles. The minimum absolute atomic E-state index is 0.152. The summed E-state index contributed by atoms with van der Waals surface area (Å²) in [5.74, 6) is -2.72. The van der Waals surface area contributed by atoms with Gasteiger partial charge in [0.2, 0.25) is 5.91 Å². The third kappa shape index (κ3) is 4.21. The highest BCUT2D eigenvalue weighted by Crippen LogP contribution is 2.19. The fourth-order valence-corrected chi connectivity index (χ4v) is 1.41. The molecule has 0 heterocycles. The molecule has 1 aromatic carbocycles. The van der Waals surface area contributed by atoms with Crippen molar-refractivity contribution in [3.8, 4) is 6.07 Å². The summed E-state index contributed by atoms with van der Waals surface area (Å²) >= 11 is 0. The number of anilines is 1. The molecule has 4 nitrogen and oxygen atoms in total. The second kappa shape index (κ2) is 5.65. The number of amides is 1. The number of nitriles is 1. The van der Waals surface area contributed by atoms with Crippen LogP contribution in [0.3, 0.4) is 0 Å². The Morgan fingerprint density at radius 1 is 1.32 bits per heavy atom. The SMILES string of the molecule is CC(C)(C)NC(=O)CNc1ccc(C#N)c(F)c1F. The minimum atomic E-state index is -1.22. The lowest BCUT2D eigenvalue weighted by Crippen LogP contribution is -2.43. The molecular formula is C13H15F2N3O. The number of carbonyl (C=O) groups excluding carboxylic acids is 1. The average Bonchev–Trinajstić information content (AvgIpc) is 2.29. The van der Waals surface area contributed by atoms with Gasteiger partial charge in [-0.25, -0.2) is 8.78 Å². The number of hydrogen-bond acceptors (Lipinski definition) is 3. The Balaban J connectivity index is 2.72. The first-order valence-electron chi connectivity index (χ1n) is 5.67. The van der Waals surface area contributed by atoms with E-state index in [2.05, 4.69) is 10.6 Å². The van der Waals surface area contributed by atoms with Crippen LogP contribution < -0.4 is 10.6 Å². The van der Waals surface area contributed by atoms with Crippen LogP contribution in [-0.2, 0) is 4.79 Å². The van der Waals surface area contributed by atoms with Gasteiger partial charge in [-0.15, -0.1) is 0 Å². The number of benzene rings is 1. The number of halogens is 2. The molecule has 0 atom stereocenters. The minimum Gasteiger partial charge on any atom is -0.374 e. The molecule has 19 heavy (non-hydrogen) atoms. The third-order valence-electron chi connectivity index (χ3n) is 2.16. The van der Waals surface area contributed by atoms with Crippen molar-refractivity contribution < 1.29 is 13.6 Å². The van der Waals surface area contributed by atoms with E-state index in [1.807, 2.05) is 20.8 Å². The van der Waals surface area contributed by atoms with Crippen molar-refractivity contribution in [2.75, 3.05) is 11.9 Å². The van der Waals surface area contributed by atoms with E-state index in [1.54, 1.807) is 0 Å². The van der Waals surface area contributed by atoms with Gasteiger partial charge in [-0.2, -0.15) is 5.26 Å². The van der Waals surface area contributed by atoms with Crippen molar-refractivity contribution in [3.63, 3.8) is 0 Å². The van der Waals surface area contributed by atoms with Crippen LogP contribution in [0.1, 0.15) is 26.3 Å². The molecule has 0 saturated carbocycles. The van der Waals surface area contributed by atoms with E-state index in [1.165, 1.54) is 12.1 Å². The van der Waals surface area contributed by atoms with Crippen molar-refractivity contribution in [3.05, 3.63) is 29.3 Å². The Morgan fingerprint density at radius 2 is 1.95 bits per heavy atom. The lowest BCUT2D eigenvalue weighted by atomic mass is 10.1. The van der Waals surface area contributed by atoms with Crippen LogP contribution >= 0.6 is 0 Å². The van der Waals surface area contributed by atoms with Gasteiger partial charge in [-0.05, 0) is 32.9 Å². The summed E-state index contributed by atoms with van der Waals surface area (Å²) in [5, 5.41) is 13.7. The highest BCUT2D eigenvalue weighted by molar-refractivity contribution is 5.81. The van der Waals surface area contributed by atoms with Gasteiger partial charge in [-0.3, -0.25) is 4.79 Å². The molecule has 0 bridgehead atoms. The zero-order chi connectivity index (χ0) is 14.6. The molecule has 1 rings (SSSR count). The van der Waals surface area contributed by atoms with Crippen molar-refractivity contribution in [2.45, 2.75) is 26.3 Å². The molecule has 0 aliphatic rings. The first-order chi connectivity index (χ1) is 8.74. The normalized spacial score (nSPS) is 10.7. The Bertz CT molecular complexity index is 530. The predicted octanol–water partition coefficient (Wildman–Crippen LogP) is 2.16. The molecule has 1 amide bonds. The Morgan fingerprint density at radius 3 is 2.47 bits per heavy atom. The quantitative estimate of drug-likeness (QED) is 0.882. The molecule has 102 valence electrons. The molecule has 0 unspecified atom stereocenters. The topological polar surface area (TPSA) is 64.9 Å². The summed E-state index contributed by atoms with van der Waals surface area (Å²) in [7, 11) is 0. The Labute approximate surface area is 110 Å². The van der Waals surface area contributed by atoms with Crippen molar-refractivity contribution in [1.29, 1.82) is 5.26 Å². The molecule has 0 aliphatic carbocycles. The molecule has 0 aromatic heterocycles. The zero-order valence-corrected chi connectivity index (χ0v) is 11.0. The summed E-state index contributed by atoms with van der Waals surface area (Å²) in [4.78, 5) is 11.5. The maximum absolute atomic E-state index is 13.5. The van der Waals surface area contributed by atoms with Gasteiger partial charge < -0.3 is 10.6 Å². The maximum atomic E-state index is 13.5. The Kier molecular flexibility index (Phi) is 4.43. The fourth-order valence-electron chi connectivity index (χ4n) is 1.41. The van der Waals surface area contributed by atoms with Crippen LogP contribution in [0.25, 0.3) is 0 Å². The van der Waals surface area contributed by atoms with Crippen molar-refractivity contribution in [1.82, 2.24) is 5.32 Å². The number of nitrogens with zero attached hydrogens (tertiary/aromatic N) is 1. The number of carbonyl (C=O) groups is 1. The Hall–Kier alpha value is -2.16. The van der Waals surface area contributed by atoms with Gasteiger partial charge in [0.25, 0.3) is 0 Å². The first kappa shape index (κ1) is 14.9. The number of rotatable bonds is 3. The number of nitrogens with one attached hydrogen (secondary N) is 2. The highest BCUT2D eigenvalue weighted by Gasteiger charge is 2.16.